The van der Waals surface area contributed by atoms with Crippen molar-refractivity contribution >= 4 is 68.1 Å². The summed E-state index contributed by atoms with van der Waals surface area (Å²) in [5.41, 5.74) is 0.321. The molecule has 1 amide bonds. The molecule has 1 aromatic carbocycles. The normalized spacial score (nSPS) is 12.3. The van der Waals surface area contributed by atoms with Gasteiger partial charge in [0.2, 0.25) is 5.91 Å². The number of nitrogens with zero attached hydrogens (tertiary/aromatic N) is 2. The molecule has 2 heterocycles. The number of rotatable bonds is 4. The Bertz CT molecular complexity index is 1020. The van der Waals surface area contributed by atoms with Gasteiger partial charge in [0, 0.05) is 7.05 Å². The molecule has 0 spiro atoms. The van der Waals surface area contributed by atoms with Gasteiger partial charge in [0.25, 0.3) is 5.56 Å². The highest BCUT2D eigenvalue weighted by molar-refractivity contribution is 8.00. The predicted molar refractivity (Wildman–Crippen MR) is 105 cm³/mol. The molecule has 1 unspecified atom stereocenters. The van der Waals surface area contributed by atoms with Crippen molar-refractivity contribution < 1.29 is 4.79 Å². The summed E-state index contributed by atoms with van der Waals surface area (Å²) in [5.74, 6) is -0.255. The number of hydrogen-bond acceptors (Lipinski definition) is 5. The number of carbonyl (C=O) groups excluding carboxylic acids is 1. The summed E-state index contributed by atoms with van der Waals surface area (Å²) in [7, 11) is 1.65. The highest BCUT2D eigenvalue weighted by atomic mass is 35.5. The lowest BCUT2D eigenvalue weighted by Gasteiger charge is -2.14. The Kier molecular flexibility index (Phi) is 5.38. The van der Waals surface area contributed by atoms with Crippen molar-refractivity contribution in [3.8, 4) is 0 Å². The summed E-state index contributed by atoms with van der Waals surface area (Å²) in [6.45, 7) is 1.74. The summed E-state index contributed by atoms with van der Waals surface area (Å²) in [6.07, 6.45) is 0. The number of thioether (sulfide) groups is 1. The van der Waals surface area contributed by atoms with Crippen molar-refractivity contribution in [2.45, 2.75) is 17.3 Å². The standard InChI is InChI=1S/C16H13Cl2N3O2S2/c1-8(13(22)19-11-5-3-4-10(17)12(11)18)25-16-20-14-9(6-7-24-14)15(23)21(16)2/h3-8H,1-2H3,(H,19,22). The second-order valence-corrected chi connectivity index (χ2v) is 8.24. The largest absolute Gasteiger partial charge is 0.324 e. The van der Waals surface area contributed by atoms with Crippen molar-refractivity contribution in [1.29, 1.82) is 0 Å². The van der Waals surface area contributed by atoms with E-state index in [9.17, 15) is 9.59 Å². The lowest BCUT2D eigenvalue weighted by atomic mass is 10.3. The van der Waals surface area contributed by atoms with Crippen LogP contribution in [0.1, 0.15) is 6.92 Å². The first-order valence-corrected chi connectivity index (χ1v) is 9.75. The van der Waals surface area contributed by atoms with Crippen molar-refractivity contribution in [2.75, 3.05) is 5.32 Å². The fourth-order valence-electron chi connectivity index (χ4n) is 2.13. The van der Waals surface area contributed by atoms with Gasteiger partial charge in [-0.2, -0.15) is 0 Å². The van der Waals surface area contributed by atoms with Crippen LogP contribution in [-0.4, -0.2) is 20.7 Å². The lowest BCUT2D eigenvalue weighted by molar-refractivity contribution is -0.115. The summed E-state index contributed by atoms with van der Waals surface area (Å²) in [4.78, 5) is 29.9. The molecule has 1 N–H and O–H groups in total. The molecule has 0 saturated heterocycles. The minimum absolute atomic E-state index is 0.126. The molecular formula is C16H13Cl2N3O2S2. The first-order valence-electron chi connectivity index (χ1n) is 7.24. The number of amides is 1. The van der Waals surface area contributed by atoms with Gasteiger partial charge in [-0.25, -0.2) is 4.98 Å². The molecule has 0 saturated carbocycles. The van der Waals surface area contributed by atoms with E-state index >= 15 is 0 Å². The van der Waals surface area contributed by atoms with Gasteiger partial charge in [0.05, 0.1) is 26.4 Å². The van der Waals surface area contributed by atoms with Gasteiger partial charge in [-0.3, -0.25) is 14.2 Å². The summed E-state index contributed by atoms with van der Waals surface area (Å²) < 4.78 is 1.45. The second-order valence-electron chi connectivity index (χ2n) is 5.25. The monoisotopic (exact) mass is 413 g/mol. The molecule has 130 valence electrons. The van der Waals surface area contributed by atoms with E-state index in [2.05, 4.69) is 10.3 Å². The van der Waals surface area contributed by atoms with E-state index < -0.39 is 5.25 Å². The lowest BCUT2D eigenvalue weighted by Crippen LogP contribution is -2.25. The zero-order valence-corrected chi connectivity index (χ0v) is 16.4. The maximum atomic E-state index is 12.4. The maximum Gasteiger partial charge on any atom is 0.262 e. The number of nitrogens with one attached hydrogen (secondary N) is 1. The van der Waals surface area contributed by atoms with E-state index in [-0.39, 0.29) is 11.5 Å². The Hall–Kier alpha value is -1.54. The molecule has 25 heavy (non-hydrogen) atoms. The third kappa shape index (κ3) is 3.69. The smallest absolute Gasteiger partial charge is 0.262 e. The van der Waals surface area contributed by atoms with E-state index in [4.69, 9.17) is 23.2 Å². The zero-order chi connectivity index (χ0) is 18.1. The molecule has 0 bridgehead atoms. The van der Waals surface area contributed by atoms with Crippen LogP contribution >= 0.6 is 46.3 Å². The minimum atomic E-state index is -0.481. The fraction of sp³-hybridized carbons (Fsp3) is 0.188. The van der Waals surface area contributed by atoms with Crippen LogP contribution in [0.15, 0.2) is 39.6 Å². The van der Waals surface area contributed by atoms with Gasteiger partial charge >= 0.3 is 0 Å². The molecule has 3 rings (SSSR count). The van der Waals surface area contributed by atoms with Crippen LogP contribution in [-0.2, 0) is 11.8 Å². The van der Waals surface area contributed by atoms with Crippen LogP contribution in [0.4, 0.5) is 5.69 Å². The van der Waals surface area contributed by atoms with E-state index in [1.807, 2.05) is 5.38 Å². The quantitative estimate of drug-likeness (QED) is 0.507. The number of halogens is 2. The Morgan fingerprint density at radius 1 is 1.36 bits per heavy atom. The van der Waals surface area contributed by atoms with E-state index in [1.54, 1.807) is 38.2 Å². The van der Waals surface area contributed by atoms with Gasteiger partial charge in [-0.05, 0) is 30.5 Å². The molecule has 0 radical (unpaired) electrons. The van der Waals surface area contributed by atoms with Crippen LogP contribution in [0.2, 0.25) is 10.0 Å². The SMILES string of the molecule is CC(Sc1nc2sccc2c(=O)n1C)C(=O)Nc1cccc(Cl)c1Cl. The highest BCUT2D eigenvalue weighted by Crippen LogP contribution is 2.31. The van der Waals surface area contributed by atoms with Crippen molar-refractivity contribution in [1.82, 2.24) is 9.55 Å². The predicted octanol–water partition coefficient (Wildman–Crippen LogP) is 4.42. The van der Waals surface area contributed by atoms with Gasteiger partial charge in [0.1, 0.15) is 4.83 Å². The van der Waals surface area contributed by atoms with Gasteiger partial charge in [0.15, 0.2) is 5.16 Å². The summed E-state index contributed by atoms with van der Waals surface area (Å²) >= 11 is 14.7. The number of aromatic nitrogens is 2. The minimum Gasteiger partial charge on any atom is -0.324 e. The fourth-order valence-corrected chi connectivity index (χ4v) is 4.16. The number of anilines is 1. The Labute approximate surface area is 162 Å². The molecular weight excluding hydrogens is 401 g/mol. The molecule has 9 heteroatoms. The average Bonchev–Trinajstić information content (AvgIpc) is 3.05. The topological polar surface area (TPSA) is 64.0 Å². The number of hydrogen-bond donors (Lipinski definition) is 1. The Morgan fingerprint density at radius 3 is 2.88 bits per heavy atom. The Morgan fingerprint density at radius 2 is 2.12 bits per heavy atom. The number of thiophene rings is 1. The Balaban J connectivity index is 1.81. The maximum absolute atomic E-state index is 12.4. The zero-order valence-electron chi connectivity index (χ0n) is 13.2. The van der Waals surface area contributed by atoms with Crippen molar-refractivity contribution in [3.05, 3.63) is 50.0 Å². The molecule has 0 fully saturated rings. The van der Waals surface area contributed by atoms with Crippen molar-refractivity contribution in [3.63, 3.8) is 0 Å². The summed E-state index contributed by atoms with van der Waals surface area (Å²) in [6, 6.07) is 6.78. The first kappa shape index (κ1) is 18.3. The molecule has 3 aromatic rings. The van der Waals surface area contributed by atoms with Gasteiger partial charge in [-0.15, -0.1) is 11.3 Å². The van der Waals surface area contributed by atoms with Crippen molar-refractivity contribution in [2.24, 2.45) is 7.05 Å². The third-order valence-corrected chi connectivity index (χ3v) is 6.29. The van der Waals surface area contributed by atoms with Crippen LogP contribution in [0.3, 0.4) is 0 Å². The molecule has 2 aromatic heterocycles. The third-order valence-electron chi connectivity index (χ3n) is 3.52. The van der Waals surface area contributed by atoms with E-state index in [0.717, 1.165) is 0 Å². The van der Waals surface area contributed by atoms with E-state index in [0.29, 0.717) is 31.1 Å². The van der Waals surface area contributed by atoms with Crippen LogP contribution in [0.25, 0.3) is 10.2 Å². The van der Waals surface area contributed by atoms with Crippen LogP contribution in [0, 0.1) is 0 Å². The molecule has 1 atom stereocenters. The molecule has 0 aliphatic carbocycles. The van der Waals surface area contributed by atoms with E-state index in [1.165, 1.54) is 27.7 Å². The first-order chi connectivity index (χ1) is 11.9. The van der Waals surface area contributed by atoms with Crippen LogP contribution < -0.4 is 10.9 Å². The van der Waals surface area contributed by atoms with Gasteiger partial charge < -0.3 is 5.32 Å². The summed E-state index contributed by atoms with van der Waals surface area (Å²) in [5, 5.41) is 5.82. The highest BCUT2D eigenvalue weighted by Gasteiger charge is 2.19. The average molecular weight is 414 g/mol. The second kappa shape index (κ2) is 7.37. The molecule has 0 aliphatic rings. The number of fused-ring (bicyclic) bond motifs is 1. The molecule has 5 nitrogen and oxygen atoms in total. The van der Waals surface area contributed by atoms with Gasteiger partial charge in [-0.1, -0.05) is 41.0 Å². The number of benzene rings is 1. The molecule has 0 aliphatic heterocycles. The van der Waals surface area contributed by atoms with Crippen LogP contribution in [0.5, 0.6) is 0 Å². The number of carbonyl (C=O) groups is 1.